The SMILES string of the molecule is CCC(CC)=C(CC(C)C)c1nc2ccc(-c3ccncc3)cc2[nH]1. The predicted octanol–water partition coefficient (Wildman–Crippen LogP) is 6.24. The van der Waals surface area contributed by atoms with E-state index >= 15 is 0 Å². The molecule has 25 heavy (non-hydrogen) atoms. The summed E-state index contributed by atoms with van der Waals surface area (Å²) in [5.74, 6) is 1.65. The number of hydrogen-bond acceptors (Lipinski definition) is 2. The minimum atomic E-state index is 0.615. The van der Waals surface area contributed by atoms with Gasteiger partial charge < -0.3 is 4.98 Å². The molecule has 1 aromatic carbocycles. The third-order valence-corrected chi connectivity index (χ3v) is 4.67. The lowest BCUT2D eigenvalue weighted by Crippen LogP contribution is -1.98. The van der Waals surface area contributed by atoms with Gasteiger partial charge in [-0.3, -0.25) is 4.98 Å². The fourth-order valence-electron chi connectivity index (χ4n) is 3.37. The molecule has 130 valence electrons. The Morgan fingerprint density at radius 3 is 2.36 bits per heavy atom. The van der Waals surface area contributed by atoms with Gasteiger partial charge in [0.25, 0.3) is 0 Å². The van der Waals surface area contributed by atoms with E-state index in [4.69, 9.17) is 4.98 Å². The van der Waals surface area contributed by atoms with Crippen molar-refractivity contribution >= 4 is 16.6 Å². The molecule has 0 spiro atoms. The summed E-state index contributed by atoms with van der Waals surface area (Å²) in [5.41, 5.74) is 7.38. The van der Waals surface area contributed by atoms with Crippen molar-refractivity contribution in [1.29, 1.82) is 0 Å². The molecular weight excluding hydrogens is 306 g/mol. The second-order valence-corrected chi connectivity index (χ2v) is 6.94. The number of nitrogens with zero attached hydrogens (tertiary/aromatic N) is 2. The van der Waals surface area contributed by atoms with Crippen molar-refractivity contribution in [3.63, 3.8) is 0 Å². The standard InChI is InChI=1S/C22H27N3/c1-5-16(6-2)19(13-15(3)4)22-24-20-8-7-18(14-21(20)25-22)17-9-11-23-12-10-17/h7-12,14-15H,5-6,13H2,1-4H3,(H,24,25). The maximum Gasteiger partial charge on any atom is 0.134 e. The van der Waals surface area contributed by atoms with Crippen molar-refractivity contribution in [1.82, 2.24) is 15.0 Å². The van der Waals surface area contributed by atoms with Gasteiger partial charge in [0.15, 0.2) is 0 Å². The first-order valence-electron chi connectivity index (χ1n) is 9.23. The van der Waals surface area contributed by atoms with Gasteiger partial charge in [-0.25, -0.2) is 4.98 Å². The Bertz CT molecular complexity index is 867. The van der Waals surface area contributed by atoms with Crippen LogP contribution in [0.15, 0.2) is 48.3 Å². The molecule has 1 N–H and O–H groups in total. The number of aromatic amines is 1. The number of pyridine rings is 1. The first-order valence-corrected chi connectivity index (χ1v) is 9.23. The predicted molar refractivity (Wildman–Crippen MR) is 106 cm³/mol. The summed E-state index contributed by atoms with van der Waals surface area (Å²) in [5, 5.41) is 0. The molecular formula is C22H27N3. The first kappa shape index (κ1) is 17.4. The van der Waals surface area contributed by atoms with Gasteiger partial charge in [-0.1, -0.05) is 39.3 Å². The highest BCUT2D eigenvalue weighted by Crippen LogP contribution is 2.30. The maximum atomic E-state index is 4.89. The van der Waals surface area contributed by atoms with Gasteiger partial charge in [0, 0.05) is 12.4 Å². The molecule has 0 atom stereocenters. The Hall–Kier alpha value is -2.42. The number of allylic oxidation sites excluding steroid dienone is 2. The van der Waals surface area contributed by atoms with Crippen LogP contribution in [0.2, 0.25) is 0 Å². The Balaban J connectivity index is 2.06. The number of H-pyrrole nitrogens is 1. The van der Waals surface area contributed by atoms with Gasteiger partial charge in [-0.2, -0.15) is 0 Å². The molecule has 0 aliphatic rings. The summed E-state index contributed by atoms with van der Waals surface area (Å²) in [6.45, 7) is 9.02. The Kier molecular flexibility index (Phi) is 5.32. The van der Waals surface area contributed by atoms with Crippen molar-refractivity contribution in [2.75, 3.05) is 0 Å². The fourth-order valence-corrected chi connectivity index (χ4v) is 3.37. The summed E-state index contributed by atoms with van der Waals surface area (Å²) in [7, 11) is 0. The zero-order valence-electron chi connectivity index (χ0n) is 15.6. The quantitative estimate of drug-likeness (QED) is 0.579. The van der Waals surface area contributed by atoms with Gasteiger partial charge in [0.05, 0.1) is 11.0 Å². The van der Waals surface area contributed by atoms with Crippen LogP contribution >= 0.6 is 0 Å². The zero-order chi connectivity index (χ0) is 17.8. The van der Waals surface area contributed by atoms with Crippen LogP contribution in [0.3, 0.4) is 0 Å². The van der Waals surface area contributed by atoms with Crippen molar-refractivity contribution in [3.05, 3.63) is 54.1 Å². The molecule has 3 heteroatoms. The lowest BCUT2D eigenvalue weighted by molar-refractivity contribution is 0.666. The minimum absolute atomic E-state index is 0.615. The molecule has 3 aromatic rings. The van der Waals surface area contributed by atoms with Crippen LogP contribution < -0.4 is 0 Å². The second kappa shape index (κ2) is 7.64. The first-order chi connectivity index (χ1) is 12.1. The highest BCUT2D eigenvalue weighted by molar-refractivity contribution is 5.84. The molecule has 0 aliphatic heterocycles. The molecule has 0 saturated heterocycles. The molecule has 2 aromatic heterocycles. The Morgan fingerprint density at radius 1 is 1.00 bits per heavy atom. The fraction of sp³-hybridized carbons (Fsp3) is 0.364. The van der Waals surface area contributed by atoms with E-state index in [1.165, 1.54) is 22.3 Å². The van der Waals surface area contributed by atoms with Crippen LogP contribution in [-0.4, -0.2) is 15.0 Å². The van der Waals surface area contributed by atoms with Crippen LogP contribution in [0.4, 0.5) is 0 Å². The summed E-state index contributed by atoms with van der Waals surface area (Å²) in [6.07, 6.45) is 6.89. The lowest BCUT2D eigenvalue weighted by Gasteiger charge is -2.13. The van der Waals surface area contributed by atoms with Crippen LogP contribution in [0, 0.1) is 5.92 Å². The smallest absolute Gasteiger partial charge is 0.134 e. The Labute approximate surface area is 150 Å². The average Bonchev–Trinajstić information content (AvgIpc) is 3.05. The average molecular weight is 333 g/mol. The largest absolute Gasteiger partial charge is 0.338 e. The van der Waals surface area contributed by atoms with E-state index in [2.05, 4.69) is 55.9 Å². The van der Waals surface area contributed by atoms with Crippen LogP contribution in [0.5, 0.6) is 0 Å². The number of fused-ring (bicyclic) bond motifs is 1. The van der Waals surface area contributed by atoms with E-state index in [9.17, 15) is 0 Å². The van der Waals surface area contributed by atoms with Crippen molar-refractivity contribution in [3.8, 4) is 11.1 Å². The molecule has 0 amide bonds. The van der Waals surface area contributed by atoms with E-state index in [-0.39, 0.29) is 0 Å². The second-order valence-electron chi connectivity index (χ2n) is 6.94. The molecule has 2 heterocycles. The molecule has 0 unspecified atom stereocenters. The van der Waals surface area contributed by atoms with Crippen LogP contribution in [-0.2, 0) is 0 Å². The maximum absolute atomic E-state index is 4.89. The number of nitrogens with one attached hydrogen (secondary N) is 1. The third kappa shape index (κ3) is 3.81. The minimum Gasteiger partial charge on any atom is -0.338 e. The van der Waals surface area contributed by atoms with E-state index in [0.29, 0.717) is 5.92 Å². The molecule has 3 nitrogen and oxygen atoms in total. The lowest BCUT2D eigenvalue weighted by atomic mass is 9.94. The van der Waals surface area contributed by atoms with E-state index in [0.717, 1.165) is 36.1 Å². The van der Waals surface area contributed by atoms with Gasteiger partial charge >= 0.3 is 0 Å². The number of aromatic nitrogens is 3. The molecule has 0 fully saturated rings. The van der Waals surface area contributed by atoms with Crippen LogP contribution in [0.25, 0.3) is 27.7 Å². The monoisotopic (exact) mass is 333 g/mol. The normalized spacial score (nSPS) is 11.2. The number of rotatable bonds is 6. The summed E-state index contributed by atoms with van der Waals surface area (Å²) in [4.78, 5) is 12.6. The molecule has 0 saturated carbocycles. The van der Waals surface area contributed by atoms with Gasteiger partial charge in [0.1, 0.15) is 5.82 Å². The van der Waals surface area contributed by atoms with Crippen LogP contribution in [0.1, 0.15) is 52.8 Å². The van der Waals surface area contributed by atoms with E-state index in [1.807, 2.05) is 24.5 Å². The Morgan fingerprint density at radius 2 is 1.72 bits per heavy atom. The third-order valence-electron chi connectivity index (χ3n) is 4.67. The van der Waals surface area contributed by atoms with Gasteiger partial charge in [-0.15, -0.1) is 0 Å². The molecule has 0 radical (unpaired) electrons. The molecule has 0 bridgehead atoms. The summed E-state index contributed by atoms with van der Waals surface area (Å²) < 4.78 is 0. The van der Waals surface area contributed by atoms with E-state index in [1.54, 1.807) is 0 Å². The number of hydrogen-bond donors (Lipinski definition) is 1. The summed E-state index contributed by atoms with van der Waals surface area (Å²) in [6, 6.07) is 10.5. The van der Waals surface area contributed by atoms with Crippen molar-refractivity contribution in [2.24, 2.45) is 5.92 Å². The number of imidazole rings is 1. The zero-order valence-corrected chi connectivity index (χ0v) is 15.6. The molecule has 0 aliphatic carbocycles. The summed E-state index contributed by atoms with van der Waals surface area (Å²) >= 11 is 0. The molecule has 3 rings (SSSR count). The van der Waals surface area contributed by atoms with Gasteiger partial charge in [0.2, 0.25) is 0 Å². The van der Waals surface area contributed by atoms with Gasteiger partial charge in [-0.05, 0) is 66.1 Å². The van der Waals surface area contributed by atoms with Crippen molar-refractivity contribution < 1.29 is 0 Å². The number of benzene rings is 1. The van der Waals surface area contributed by atoms with E-state index < -0.39 is 0 Å². The highest BCUT2D eigenvalue weighted by atomic mass is 14.9. The highest BCUT2D eigenvalue weighted by Gasteiger charge is 2.14. The topological polar surface area (TPSA) is 41.6 Å². The van der Waals surface area contributed by atoms with Crippen molar-refractivity contribution in [2.45, 2.75) is 47.0 Å².